The summed E-state index contributed by atoms with van der Waals surface area (Å²) in [5, 5.41) is 21.7. The summed E-state index contributed by atoms with van der Waals surface area (Å²) in [5.74, 6) is 0.258. The summed E-state index contributed by atoms with van der Waals surface area (Å²) in [6, 6.07) is 12.6. The van der Waals surface area contributed by atoms with Crippen molar-refractivity contribution in [3.63, 3.8) is 0 Å². The van der Waals surface area contributed by atoms with Crippen LogP contribution in [-0.2, 0) is 11.2 Å². The van der Waals surface area contributed by atoms with Gasteiger partial charge in [-0.25, -0.2) is 0 Å². The molecule has 0 aromatic heterocycles. The Labute approximate surface area is 245 Å². The van der Waals surface area contributed by atoms with E-state index in [4.69, 9.17) is 36.0 Å². The molecule has 0 fully saturated rings. The molecule has 1 atom stereocenters. The Morgan fingerprint density at radius 1 is 1.02 bits per heavy atom. The van der Waals surface area contributed by atoms with Gasteiger partial charge in [0.25, 0.3) is 5.91 Å². The maximum atomic E-state index is 14.2. The van der Waals surface area contributed by atoms with Crippen molar-refractivity contribution >= 4 is 28.9 Å². The van der Waals surface area contributed by atoms with E-state index in [9.17, 15) is 18.0 Å². The second-order valence-corrected chi connectivity index (χ2v) is 9.85. The number of nitrogens with one attached hydrogen (secondary N) is 1. The first-order chi connectivity index (χ1) is 20.0. The fourth-order valence-corrected chi connectivity index (χ4v) is 4.78. The Morgan fingerprint density at radius 3 is 2.48 bits per heavy atom. The van der Waals surface area contributed by atoms with E-state index in [0.717, 1.165) is 0 Å². The van der Waals surface area contributed by atoms with Crippen molar-refractivity contribution in [2.24, 2.45) is 0 Å². The third-order valence-electron chi connectivity index (χ3n) is 6.51. The molecule has 3 N–H and O–H groups in total. The first kappa shape index (κ1) is 31.1. The number of anilines is 2. The summed E-state index contributed by atoms with van der Waals surface area (Å²) in [4.78, 5) is 15.6. The molecule has 1 amide bonds. The van der Waals surface area contributed by atoms with Crippen LogP contribution < -0.4 is 29.2 Å². The van der Waals surface area contributed by atoms with Gasteiger partial charge in [-0.2, -0.15) is 0 Å². The number of hydrogen-bond donors (Lipinski definition) is 3. The summed E-state index contributed by atoms with van der Waals surface area (Å²) in [7, 11) is 2.90. The van der Waals surface area contributed by atoms with Crippen molar-refractivity contribution < 1.29 is 47.1 Å². The molecule has 0 bridgehead atoms. The number of alkyl halides is 3. The number of amides is 1. The van der Waals surface area contributed by atoms with Crippen molar-refractivity contribution in [2.75, 3.05) is 37.6 Å². The summed E-state index contributed by atoms with van der Waals surface area (Å²) in [6.07, 6.45) is -5.36. The van der Waals surface area contributed by atoms with Crippen LogP contribution in [0.3, 0.4) is 0 Å². The van der Waals surface area contributed by atoms with Gasteiger partial charge in [-0.05, 0) is 36.6 Å². The number of benzene rings is 3. The van der Waals surface area contributed by atoms with E-state index in [-0.39, 0.29) is 19.6 Å². The van der Waals surface area contributed by atoms with Gasteiger partial charge in [0.2, 0.25) is 0 Å². The number of carbonyl (C=O) groups is 1. The molecular formula is C29H30ClF3N2O7. The predicted molar refractivity (Wildman–Crippen MR) is 149 cm³/mol. The van der Waals surface area contributed by atoms with Gasteiger partial charge >= 0.3 is 6.36 Å². The molecule has 4 rings (SSSR count). The molecule has 1 aliphatic heterocycles. The van der Waals surface area contributed by atoms with Crippen molar-refractivity contribution in [1.29, 1.82) is 0 Å². The van der Waals surface area contributed by atoms with Crippen LogP contribution in [-0.4, -0.2) is 56.1 Å². The van der Waals surface area contributed by atoms with Gasteiger partial charge < -0.3 is 39.4 Å². The van der Waals surface area contributed by atoms with E-state index in [0.29, 0.717) is 57.6 Å². The van der Waals surface area contributed by atoms with Crippen LogP contribution >= 0.6 is 11.6 Å². The maximum Gasteiger partial charge on any atom is 0.573 e. The van der Waals surface area contributed by atoms with E-state index < -0.39 is 30.4 Å². The van der Waals surface area contributed by atoms with Gasteiger partial charge in [0, 0.05) is 53.5 Å². The molecule has 0 saturated heterocycles. The number of nitrogens with zero attached hydrogens (tertiary/aromatic N) is 1. The van der Waals surface area contributed by atoms with Crippen molar-refractivity contribution in [3.8, 4) is 23.0 Å². The number of halogens is 4. The molecule has 3 aromatic rings. The van der Waals surface area contributed by atoms with Gasteiger partial charge in [0.15, 0.2) is 6.29 Å². The molecular weight excluding hydrogens is 581 g/mol. The fourth-order valence-electron chi connectivity index (χ4n) is 4.62. The first-order valence-electron chi connectivity index (χ1n) is 13.0. The highest BCUT2D eigenvalue weighted by Gasteiger charge is 2.35. The van der Waals surface area contributed by atoms with Gasteiger partial charge in [-0.1, -0.05) is 23.7 Å². The Bertz CT molecular complexity index is 1400. The van der Waals surface area contributed by atoms with Crippen LogP contribution in [0.5, 0.6) is 23.0 Å². The third kappa shape index (κ3) is 7.90. The number of aliphatic hydroxyl groups is 2. The van der Waals surface area contributed by atoms with Gasteiger partial charge in [0.05, 0.1) is 26.5 Å². The zero-order valence-electron chi connectivity index (χ0n) is 22.8. The van der Waals surface area contributed by atoms with E-state index >= 15 is 0 Å². The quantitative estimate of drug-likeness (QED) is 0.183. The zero-order chi connectivity index (χ0) is 30.4. The average molecular weight is 611 g/mol. The lowest BCUT2D eigenvalue weighted by molar-refractivity contribution is -0.274. The van der Waals surface area contributed by atoms with Crippen LogP contribution in [0.15, 0.2) is 54.6 Å². The topological polar surface area (TPSA) is 110 Å². The van der Waals surface area contributed by atoms with Crippen LogP contribution in [0.4, 0.5) is 24.5 Å². The summed E-state index contributed by atoms with van der Waals surface area (Å²) in [5.41, 5.74) is 1.88. The van der Waals surface area contributed by atoms with E-state index in [1.54, 1.807) is 36.4 Å². The molecule has 42 heavy (non-hydrogen) atoms. The van der Waals surface area contributed by atoms with Crippen molar-refractivity contribution in [1.82, 2.24) is 0 Å². The third-order valence-corrected chi connectivity index (χ3v) is 6.74. The minimum absolute atomic E-state index is 0.134. The fraction of sp³-hybridized carbons (Fsp3) is 0.345. The number of hydrogen-bond acceptors (Lipinski definition) is 8. The van der Waals surface area contributed by atoms with Gasteiger partial charge in [-0.3, -0.25) is 4.79 Å². The van der Waals surface area contributed by atoms with Crippen LogP contribution in [0.25, 0.3) is 0 Å². The SMILES string of the molecule is COc1cc(NC(C(=O)N2CCc3ccc(OC(F)(F)F)cc32)c2ccc(Cl)cc2OC)cc(OCCCC(O)O)c1. The lowest BCUT2D eigenvalue weighted by atomic mass is 10.0. The highest BCUT2D eigenvalue weighted by atomic mass is 35.5. The predicted octanol–water partition coefficient (Wildman–Crippen LogP) is 5.47. The molecule has 1 unspecified atom stereocenters. The highest BCUT2D eigenvalue weighted by Crippen LogP contribution is 2.39. The normalized spacial score (nSPS) is 13.5. The van der Waals surface area contributed by atoms with Crippen LogP contribution in [0.1, 0.15) is 30.0 Å². The molecule has 3 aromatic carbocycles. The van der Waals surface area contributed by atoms with Gasteiger partial charge in [-0.15, -0.1) is 13.2 Å². The number of methoxy groups -OCH3 is 2. The lowest BCUT2D eigenvalue weighted by Gasteiger charge is -2.27. The Kier molecular flexibility index (Phi) is 9.92. The van der Waals surface area contributed by atoms with Crippen molar-refractivity contribution in [2.45, 2.75) is 38.0 Å². The van der Waals surface area contributed by atoms with Crippen LogP contribution in [0.2, 0.25) is 5.02 Å². The van der Waals surface area contributed by atoms with Gasteiger partial charge in [0.1, 0.15) is 29.0 Å². The van der Waals surface area contributed by atoms with Crippen molar-refractivity contribution in [3.05, 3.63) is 70.7 Å². The molecule has 0 spiro atoms. The number of fused-ring (bicyclic) bond motifs is 1. The Hall–Kier alpha value is -3.87. The number of rotatable bonds is 12. The molecule has 226 valence electrons. The second kappa shape index (κ2) is 13.4. The molecule has 13 heteroatoms. The molecule has 1 heterocycles. The summed E-state index contributed by atoms with van der Waals surface area (Å²) < 4.78 is 59.5. The van der Waals surface area contributed by atoms with E-state index in [1.807, 2.05) is 0 Å². The molecule has 0 radical (unpaired) electrons. The zero-order valence-corrected chi connectivity index (χ0v) is 23.5. The molecule has 9 nitrogen and oxygen atoms in total. The minimum Gasteiger partial charge on any atom is -0.497 e. The standard InChI is InChI=1S/C29H30ClF3N2O7/c1-39-21-13-19(14-22(15-21)41-11-3-4-26(36)37)34-27(23-8-6-18(30)12-25(23)40-2)28(38)35-10-9-17-5-7-20(16-24(17)35)42-29(31,32)33/h5-8,12-16,26-27,34,36-37H,3-4,9-11H2,1-2H3. The van der Waals surface area contributed by atoms with E-state index in [2.05, 4.69) is 10.1 Å². The average Bonchev–Trinajstić information content (AvgIpc) is 3.36. The molecule has 0 aliphatic carbocycles. The number of aliphatic hydroxyl groups excluding tert-OH is 1. The number of ether oxygens (including phenoxy) is 4. The Morgan fingerprint density at radius 2 is 1.79 bits per heavy atom. The summed E-state index contributed by atoms with van der Waals surface area (Å²) >= 11 is 6.18. The molecule has 1 aliphatic rings. The maximum absolute atomic E-state index is 14.2. The second-order valence-electron chi connectivity index (χ2n) is 9.41. The monoisotopic (exact) mass is 610 g/mol. The minimum atomic E-state index is -4.88. The Balaban J connectivity index is 1.69. The molecule has 0 saturated carbocycles. The largest absolute Gasteiger partial charge is 0.573 e. The number of carbonyl (C=O) groups excluding carboxylic acids is 1. The van der Waals surface area contributed by atoms with E-state index in [1.165, 1.54) is 37.3 Å². The smallest absolute Gasteiger partial charge is 0.497 e. The first-order valence-corrected chi connectivity index (χ1v) is 13.3. The van der Waals surface area contributed by atoms with Crippen LogP contribution in [0, 0.1) is 0 Å². The highest BCUT2D eigenvalue weighted by molar-refractivity contribution is 6.30. The summed E-state index contributed by atoms with van der Waals surface area (Å²) in [6.45, 7) is 0.436. The lowest BCUT2D eigenvalue weighted by Crippen LogP contribution is -2.37.